The molecule has 1 aliphatic heterocycles. The van der Waals surface area contributed by atoms with Gasteiger partial charge in [-0.1, -0.05) is 18.2 Å². The van der Waals surface area contributed by atoms with Crippen molar-refractivity contribution in [3.8, 4) is 0 Å². The summed E-state index contributed by atoms with van der Waals surface area (Å²) >= 11 is 0. The van der Waals surface area contributed by atoms with Crippen LogP contribution in [0.5, 0.6) is 0 Å². The predicted octanol–water partition coefficient (Wildman–Crippen LogP) is 1.74. The second-order valence-electron chi connectivity index (χ2n) is 4.41. The van der Waals surface area contributed by atoms with E-state index in [4.69, 9.17) is 0 Å². The molecule has 1 amide bonds. The SMILES string of the molecule is CN1CCCC(N(C=O)c2ccccc2)C1. The lowest BCUT2D eigenvalue weighted by Gasteiger charge is -2.35. The van der Waals surface area contributed by atoms with Gasteiger partial charge in [0.15, 0.2) is 0 Å². The van der Waals surface area contributed by atoms with E-state index in [-0.39, 0.29) is 0 Å². The van der Waals surface area contributed by atoms with Crippen molar-refractivity contribution >= 4 is 12.1 Å². The molecule has 0 saturated carbocycles. The van der Waals surface area contributed by atoms with Crippen LogP contribution >= 0.6 is 0 Å². The number of carbonyl (C=O) groups is 1. The Kier molecular flexibility index (Phi) is 3.57. The largest absolute Gasteiger partial charge is 0.311 e. The minimum absolute atomic E-state index is 0.318. The summed E-state index contributed by atoms with van der Waals surface area (Å²) in [5.74, 6) is 0. The number of para-hydroxylation sites is 1. The van der Waals surface area contributed by atoms with Gasteiger partial charge in [0.25, 0.3) is 0 Å². The highest BCUT2D eigenvalue weighted by Gasteiger charge is 2.23. The Bertz CT molecular complexity index is 339. The molecule has 0 bridgehead atoms. The molecule has 0 aromatic heterocycles. The lowest BCUT2D eigenvalue weighted by Crippen LogP contribution is -2.46. The van der Waals surface area contributed by atoms with Crippen LogP contribution in [0, 0.1) is 0 Å². The van der Waals surface area contributed by atoms with Gasteiger partial charge >= 0.3 is 0 Å². The maximum atomic E-state index is 11.2. The average Bonchev–Trinajstić information content (AvgIpc) is 2.31. The Morgan fingerprint density at radius 2 is 2.12 bits per heavy atom. The minimum atomic E-state index is 0.318. The average molecular weight is 218 g/mol. The van der Waals surface area contributed by atoms with E-state index in [9.17, 15) is 4.79 Å². The molecule has 1 saturated heterocycles. The number of rotatable bonds is 3. The van der Waals surface area contributed by atoms with Gasteiger partial charge in [0.05, 0.1) is 0 Å². The monoisotopic (exact) mass is 218 g/mol. The zero-order chi connectivity index (χ0) is 11.4. The first kappa shape index (κ1) is 11.1. The molecule has 1 aromatic carbocycles. The Morgan fingerprint density at radius 3 is 2.75 bits per heavy atom. The lowest BCUT2D eigenvalue weighted by atomic mass is 10.0. The highest BCUT2D eigenvalue weighted by atomic mass is 16.1. The Hall–Kier alpha value is -1.35. The number of likely N-dealkylation sites (tertiary alicyclic amines) is 1. The van der Waals surface area contributed by atoms with Crippen molar-refractivity contribution < 1.29 is 4.79 Å². The van der Waals surface area contributed by atoms with Gasteiger partial charge < -0.3 is 9.80 Å². The fourth-order valence-corrected chi connectivity index (χ4v) is 2.32. The summed E-state index contributed by atoms with van der Waals surface area (Å²) < 4.78 is 0. The van der Waals surface area contributed by atoms with E-state index >= 15 is 0 Å². The summed E-state index contributed by atoms with van der Waals surface area (Å²) in [4.78, 5) is 15.4. The topological polar surface area (TPSA) is 23.6 Å². The maximum Gasteiger partial charge on any atom is 0.214 e. The maximum absolute atomic E-state index is 11.2. The highest BCUT2D eigenvalue weighted by molar-refractivity contribution is 5.75. The number of likely N-dealkylation sites (N-methyl/N-ethyl adjacent to an activating group) is 1. The predicted molar refractivity (Wildman–Crippen MR) is 65.5 cm³/mol. The van der Waals surface area contributed by atoms with Crippen LogP contribution in [0.4, 0.5) is 5.69 Å². The molecule has 3 nitrogen and oxygen atoms in total. The highest BCUT2D eigenvalue weighted by Crippen LogP contribution is 2.20. The fraction of sp³-hybridized carbons (Fsp3) is 0.462. The van der Waals surface area contributed by atoms with Crippen LogP contribution in [0.2, 0.25) is 0 Å². The third-order valence-electron chi connectivity index (χ3n) is 3.16. The van der Waals surface area contributed by atoms with E-state index < -0.39 is 0 Å². The van der Waals surface area contributed by atoms with Crippen molar-refractivity contribution in [3.05, 3.63) is 30.3 Å². The molecule has 1 aromatic rings. The summed E-state index contributed by atoms with van der Waals surface area (Å²) in [5.41, 5.74) is 0.998. The lowest BCUT2D eigenvalue weighted by molar-refractivity contribution is -0.108. The van der Waals surface area contributed by atoms with E-state index in [0.717, 1.165) is 31.6 Å². The molecule has 86 valence electrons. The molecule has 2 rings (SSSR count). The number of benzene rings is 1. The van der Waals surface area contributed by atoms with Crippen molar-refractivity contribution in [3.63, 3.8) is 0 Å². The molecule has 1 atom stereocenters. The quantitative estimate of drug-likeness (QED) is 0.722. The number of amides is 1. The van der Waals surface area contributed by atoms with E-state index in [1.54, 1.807) is 0 Å². The van der Waals surface area contributed by atoms with Gasteiger partial charge in [0, 0.05) is 18.3 Å². The summed E-state index contributed by atoms with van der Waals surface area (Å²) in [5, 5.41) is 0. The number of nitrogens with zero attached hydrogens (tertiary/aromatic N) is 2. The second-order valence-corrected chi connectivity index (χ2v) is 4.41. The van der Waals surface area contributed by atoms with Gasteiger partial charge in [0.1, 0.15) is 0 Å². The molecule has 0 radical (unpaired) electrons. The van der Waals surface area contributed by atoms with Crippen LogP contribution in [-0.2, 0) is 4.79 Å². The molecule has 1 aliphatic rings. The molecule has 0 spiro atoms. The standard InChI is InChI=1S/C13H18N2O/c1-14-9-5-8-13(10-14)15(11-16)12-6-3-2-4-7-12/h2-4,6-7,11,13H,5,8-10H2,1H3. The van der Waals surface area contributed by atoms with Crippen molar-refractivity contribution in [2.45, 2.75) is 18.9 Å². The molecule has 16 heavy (non-hydrogen) atoms. The first-order chi connectivity index (χ1) is 7.81. The molecule has 0 N–H and O–H groups in total. The van der Waals surface area contributed by atoms with Gasteiger partial charge in [-0.05, 0) is 38.6 Å². The van der Waals surface area contributed by atoms with Crippen molar-refractivity contribution in [2.24, 2.45) is 0 Å². The van der Waals surface area contributed by atoms with E-state index in [1.807, 2.05) is 35.2 Å². The van der Waals surface area contributed by atoms with Crippen molar-refractivity contribution in [1.82, 2.24) is 4.90 Å². The number of hydrogen-bond acceptors (Lipinski definition) is 2. The Morgan fingerprint density at radius 1 is 1.38 bits per heavy atom. The van der Waals surface area contributed by atoms with E-state index in [2.05, 4.69) is 11.9 Å². The number of anilines is 1. The van der Waals surface area contributed by atoms with Gasteiger partial charge in [-0.2, -0.15) is 0 Å². The molecule has 1 heterocycles. The zero-order valence-electron chi connectivity index (χ0n) is 9.67. The van der Waals surface area contributed by atoms with Gasteiger partial charge in [-0.25, -0.2) is 0 Å². The third kappa shape index (κ3) is 2.42. The van der Waals surface area contributed by atoms with E-state index in [0.29, 0.717) is 6.04 Å². The van der Waals surface area contributed by atoms with Crippen LogP contribution in [0.1, 0.15) is 12.8 Å². The minimum Gasteiger partial charge on any atom is -0.311 e. The third-order valence-corrected chi connectivity index (χ3v) is 3.16. The normalized spacial score (nSPS) is 21.7. The van der Waals surface area contributed by atoms with Gasteiger partial charge in [-0.3, -0.25) is 4.79 Å². The van der Waals surface area contributed by atoms with Gasteiger partial charge in [0.2, 0.25) is 6.41 Å². The molecule has 1 fully saturated rings. The van der Waals surface area contributed by atoms with Crippen LogP contribution < -0.4 is 4.90 Å². The van der Waals surface area contributed by atoms with Crippen LogP contribution in [-0.4, -0.2) is 37.5 Å². The van der Waals surface area contributed by atoms with Crippen LogP contribution in [0.3, 0.4) is 0 Å². The van der Waals surface area contributed by atoms with Crippen molar-refractivity contribution in [1.29, 1.82) is 0 Å². The molecule has 1 unspecified atom stereocenters. The summed E-state index contributed by atoms with van der Waals surface area (Å²) in [6, 6.07) is 10.2. The molecular weight excluding hydrogens is 200 g/mol. The Labute approximate surface area is 96.7 Å². The zero-order valence-corrected chi connectivity index (χ0v) is 9.67. The number of hydrogen-bond donors (Lipinski definition) is 0. The van der Waals surface area contributed by atoms with Crippen LogP contribution in [0.15, 0.2) is 30.3 Å². The number of carbonyl (C=O) groups excluding carboxylic acids is 1. The first-order valence-corrected chi connectivity index (χ1v) is 5.78. The molecular formula is C13H18N2O. The van der Waals surface area contributed by atoms with Crippen molar-refractivity contribution in [2.75, 3.05) is 25.0 Å². The first-order valence-electron chi connectivity index (χ1n) is 5.78. The molecule has 3 heteroatoms. The summed E-state index contributed by atoms with van der Waals surface area (Å²) in [6.07, 6.45) is 3.22. The number of piperidine rings is 1. The summed E-state index contributed by atoms with van der Waals surface area (Å²) in [7, 11) is 2.11. The molecule has 0 aliphatic carbocycles. The van der Waals surface area contributed by atoms with Gasteiger partial charge in [-0.15, -0.1) is 0 Å². The Balaban J connectivity index is 2.13. The van der Waals surface area contributed by atoms with Crippen LogP contribution in [0.25, 0.3) is 0 Å². The van der Waals surface area contributed by atoms with E-state index in [1.165, 1.54) is 6.42 Å². The smallest absolute Gasteiger partial charge is 0.214 e. The summed E-state index contributed by atoms with van der Waals surface area (Å²) in [6.45, 7) is 2.10. The fourth-order valence-electron chi connectivity index (χ4n) is 2.32. The second kappa shape index (κ2) is 5.12.